The van der Waals surface area contributed by atoms with Crippen LogP contribution in [0.25, 0.3) is 0 Å². The van der Waals surface area contributed by atoms with Gasteiger partial charge in [0.15, 0.2) is 0 Å². The van der Waals surface area contributed by atoms with Crippen LogP contribution < -0.4 is 0 Å². The predicted molar refractivity (Wildman–Crippen MR) is 71.8 cm³/mol. The molecule has 0 spiro atoms. The summed E-state index contributed by atoms with van der Waals surface area (Å²) in [7, 11) is 0. The monoisotopic (exact) mass is 265 g/mol. The van der Waals surface area contributed by atoms with Gasteiger partial charge in [-0.1, -0.05) is 35.3 Å². The Kier molecular flexibility index (Phi) is 3.67. The van der Waals surface area contributed by atoms with Crippen molar-refractivity contribution in [3.8, 4) is 5.75 Å². The van der Waals surface area contributed by atoms with Gasteiger partial charge in [0.25, 0.3) is 0 Å². The quantitative estimate of drug-likeness (QED) is 0.800. The van der Waals surface area contributed by atoms with Crippen molar-refractivity contribution < 1.29 is 5.11 Å². The lowest BCUT2D eigenvalue weighted by Gasteiger charge is -1.99. The third-order valence-electron chi connectivity index (χ3n) is 2.14. The fraction of sp³-hybridized carbons (Fsp3) is 0. The Bertz CT molecular complexity index is 567. The van der Waals surface area contributed by atoms with Gasteiger partial charge in [0, 0.05) is 16.3 Å². The largest absolute Gasteiger partial charge is 0.506 e. The zero-order valence-corrected chi connectivity index (χ0v) is 10.3. The Morgan fingerprint density at radius 2 is 1.76 bits per heavy atom. The number of aromatic hydroxyl groups is 1. The van der Waals surface area contributed by atoms with Crippen molar-refractivity contribution in [2.24, 2.45) is 4.99 Å². The molecule has 0 saturated carbocycles. The van der Waals surface area contributed by atoms with Gasteiger partial charge in [-0.05, 0) is 35.9 Å². The number of halogens is 2. The summed E-state index contributed by atoms with van der Waals surface area (Å²) in [6, 6.07) is 12.0. The van der Waals surface area contributed by atoms with Crippen LogP contribution in [0, 0.1) is 0 Å². The first-order chi connectivity index (χ1) is 8.15. The molecule has 0 saturated heterocycles. The number of aliphatic imine (C=N–C) groups is 1. The minimum Gasteiger partial charge on any atom is -0.506 e. The third kappa shape index (κ3) is 3.22. The minimum absolute atomic E-state index is 0.0904. The number of hydrogen-bond donors (Lipinski definition) is 1. The van der Waals surface area contributed by atoms with E-state index in [9.17, 15) is 5.11 Å². The minimum atomic E-state index is 0.0904. The average Bonchev–Trinajstić information content (AvgIpc) is 2.30. The van der Waals surface area contributed by atoms with Crippen LogP contribution >= 0.6 is 23.2 Å². The van der Waals surface area contributed by atoms with Crippen LogP contribution in [-0.4, -0.2) is 11.3 Å². The van der Waals surface area contributed by atoms with Crippen molar-refractivity contribution in [2.45, 2.75) is 0 Å². The van der Waals surface area contributed by atoms with E-state index in [2.05, 4.69) is 4.99 Å². The van der Waals surface area contributed by atoms with Crippen LogP contribution in [0.15, 0.2) is 47.5 Å². The highest BCUT2D eigenvalue weighted by Gasteiger charge is 1.99. The molecule has 0 fully saturated rings. The third-order valence-corrected chi connectivity index (χ3v) is 2.61. The fourth-order valence-corrected chi connectivity index (χ4v) is 1.70. The zero-order valence-electron chi connectivity index (χ0n) is 8.77. The Balaban J connectivity index is 2.29. The molecule has 2 nitrogen and oxygen atoms in total. The highest BCUT2D eigenvalue weighted by molar-refractivity contribution is 6.31. The van der Waals surface area contributed by atoms with Crippen LogP contribution in [0.2, 0.25) is 10.0 Å². The first-order valence-corrected chi connectivity index (χ1v) is 5.69. The van der Waals surface area contributed by atoms with Crippen molar-refractivity contribution >= 4 is 35.1 Å². The van der Waals surface area contributed by atoms with Crippen molar-refractivity contribution in [3.05, 3.63) is 58.1 Å². The van der Waals surface area contributed by atoms with E-state index in [1.807, 2.05) is 12.1 Å². The molecule has 2 aromatic carbocycles. The Morgan fingerprint density at radius 1 is 1.00 bits per heavy atom. The van der Waals surface area contributed by atoms with E-state index in [0.29, 0.717) is 15.7 Å². The topological polar surface area (TPSA) is 32.6 Å². The predicted octanol–water partition coefficient (Wildman–Crippen LogP) is 4.45. The van der Waals surface area contributed by atoms with Gasteiger partial charge < -0.3 is 5.11 Å². The molecule has 0 radical (unpaired) electrons. The molecular formula is C13H9Cl2NO. The Hall–Kier alpha value is -1.51. The van der Waals surface area contributed by atoms with E-state index in [-0.39, 0.29) is 5.75 Å². The summed E-state index contributed by atoms with van der Waals surface area (Å²) in [5.74, 6) is 0.0904. The van der Waals surface area contributed by atoms with Crippen molar-refractivity contribution in [1.82, 2.24) is 0 Å². The lowest BCUT2D eigenvalue weighted by Crippen LogP contribution is -1.79. The molecule has 0 aliphatic heterocycles. The summed E-state index contributed by atoms with van der Waals surface area (Å²) in [6.07, 6.45) is 1.62. The van der Waals surface area contributed by atoms with E-state index in [4.69, 9.17) is 23.2 Å². The molecule has 2 aromatic rings. The molecule has 0 atom stereocenters. The van der Waals surface area contributed by atoms with E-state index >= 15 is 0 Å². The molecule has 0 heterocycles. The number of phenolic OH excluding ortho intramolecular Hbond substituents is 1. The van der Waals surface area contributed by atoms with Gasteiger partial charge in [0.05, 0.1) is 0 Å². The van der Waals surface area contributed by atoms with Gasteiger partial charge in [-0.15, -0.1) is 0 Å². The summed E-state index contributed by atoms with van der Waals surface area (Å²) in [5, 5.41) is 10.7. The van der Waals surface area contributed by atoms with Gasteiger partial charge in [0.1, 0.15) is 11.4 Å². The summed E-state index contributed by atoms with van der Waals surface area (Å²) in [4.78, 5) is 4.16. The highest BCUT2D eigenvalue weighted by atomic mass is 35.5. The second-order valence-electron chi connectivity index (χ2n) is 3.45. The molecule has 4 heteroatoms. The van der Waals surface area contributed by atoms with Gasteiger partial charge in [-0.25, -0.2) is 0 Å². The normalized spacial score (nSPS) is 10.9. The van der Waals surface area contributed by atoms with Crippen LogP contribution in [0.5, 0.6) is 5.75 Å². The standard InChI is InChI=1S/C13H9Cl2NO/c14-10-3-1-2-9(6-10)8-16-12-7-11(15)4-5-13(12)17/h1-8,17H. The van der Waals surface area contributed by atoms with E-state index in [1.165, 1.54) is 6.07 Å². The van der Waals surface area contributed by atoms with E-state index < -0.39 is 0 Å². The van der Waals surface area contributed by atoms with Crippen LogP contribution in [0.3, 0.4) is 0 Å². The molecule has 0 amide bonds. The fourth-order valence-electron chi connectivity index (χ4n) is 1.33. The average molecular weight is 266 g/mol. The van der Waals surface area contributed by atoms with E-state index in [1.54, 1.807) is 30.5 Å². The summed E-state index contributed by atoms with van der Waals surface area (Å²) < 4.78 is 0. The molecule has 0 aromatic heterocycles. The zero-order chi connectivity index (χ0) is 12.3. The van der Waals surface area contributed by atoms with Crippen molar-refractivity contribution in [1.29, 1.82) is 0 Å². The van der Waals surface area contributed by atoms with Crippen LogP contribution in [-0.2, 0) is 0 Å². The summed E-state index contributed by atoms with van der Waals surface area (Å²) >= 11 is 11.7. The Morgan fingerprint density at radius 3 is 2.53 bits per heavy atom. The van der Waals surface area contributed by atoms with Crippen LogP contribution in [0.4, 0.5) is 5.69 Å². The second kappa shape index (κ2) is 5.21. The molecule has 0 unspecified atom stereocenters. The number of phenols is 1. The maximum atomic E-state index is 9.57. The smallest absolute Gasteiger partial charge is 0.141 e. The first-order valence-electron chi connectivity index (χ1n) is 4.93. The molecule has 0 aliphatic carbocycles. The second-order valence-corrected chi connectivity index (χ2v) is 4.32. The highest BCUT2D eigenvalue weighted by Crippen LogP contribution is 2.29. The molecular weight excluding hydrogens is 257 g/mol. The number of nitrogens with zero attached hydrogens (tertiary/aromatic N) is 1. The van der Waals surface area contributed by atoms with Gasteiger partial charge in [-0.3, -0.25) is 4.99 Å². The maximum absolute atomic E-state index is 9.57. The van der Waals surface area contributed by atoms with Gasteiger partial charge >= 0.3 is 0 Å². The van der Waals surface area contributed by atoms with Gasteiger partial charge in [-0.2, -0.15) is 0 Å². The summed E-state index contributed by atoms with van der Waals surface area (Å²) in [6.45, 7) is 0. The Labute approximate surface area is 109 Å². The number of benzene rings is 2. The van der Waals surface area contributed by atoms with Crippen molar-refractivity contribution in [3.63, 3.8) is 0 Å². The van der Waals surface area contributed by atoms with Crippen molar-refractivity contribution in [2.75, 3.05) is 0 Å². The molecule has 86 valence electrons. The SMILES string of the molecule is Oc1ccc(Cl)cc1N=Cc1cccc(Cl)c1. The molecule has 0 bridgehead atoms. The number of hydrogen-bond acceptors (Lipinski definition) is 2. The molecule has 2 rings (SSSR count). The molecule has 0 aliphatic rings. The lowest BCUT2D eigenvalue weighted by atomic mass is 10.2. The lowest BCUT2D eigenvalue weighted by molar-refractivity contribution is 0.477. The maximum Gasteiger partial charge on any atom is 0.141 e. The summed E-state index contributed by atoms with van der Waals surface area (Å²) in [5.41, 5.74) is 1.29. The molecule has 1 N–H and O–H groups in total. The van der Waals surface area contributed by atoms with E-state index in [0.717, 1.165) is 5.56 Å². The van der Waals surface area contributed by atoms with Gasteiger partial charge in [0.2, 0.25) is 0 Å². The first kappa shape index (κ1) is 12.0. The van der Waals surface area contributed by atoms with Crippen LogP contribution in [0.1, 0.15) is 5.56 Å². The number of rotatable bonds is 2. The molecule has 17 heavy (non-hydrogen) atoms.